The van der Waals surface area contributed by atoms with Gasteiger partial charge < -0.3 is 14.8 Å². The number of carbonyl (C=O) groups excluding carboxylic acids is 1. The summed E-state index contributed by atoms with van der Waals surface area (Å²) in [6.07, 6.45) is 0. The van der Waals surface area contributed by atoms with Gasteiger partial charge in [0.25, 0.3) is 5.91 Å². The third kappa shape index (κ3) is 3.31. The summed E-state index contributed by atoms with van der Waals surface area (Å²) in [4.78, 5) is 16.0. The minimum Gasteiger partial charge on any atom is -0.497 e. The molecule has 2 rings (SSSR count). The first-order valence-corrected chi connectivity index (χ1v) is 6.47. The van der Waals surface area contributed by atoms with E-state index >= 15 is 0 Å². The van der Waals surface area contributed by atoms with Crippen LogP contribution in [0.3, 0.4) is 0 Å². The number of hydrogen-bond donors (Lipinski definition) is 2. The number of nitrogens with one attached hydrogen (secondary N) is 2. The van der Waals surface area contributed by atoms with Gasteiger partial charge in [-0.2, -0.15) is 0 Å². The lowest BCUT2D eigenvalue weighted by Gasteiger charge is -2.17. The zero-order chi connectivity index (χ0) is 15.4. The van der Waals surface area contributed by atoms with Crippen molar-refractivity contribution in [1.82, 2.24) is 20.5 Å². The van der Waals surface area contributed by atoms with Crippen LogP contribution >= 0.6 is 0 Å². The van der Waals surface area contributed by atoms with Crippen LogP contribution in [0.15, 0.2) is 18.2 Å². The molecule has 21 heavy (non-hydrogen) atoms. The van der Waals surface area contributed by atoms with Crippen LogP contribution in [0.4, 0.5) is 0 Å². The highest BCUT2D eigenvalue weighted by atomic mass is 16.5. The number of aromatic amines is 1. The van der Waals surface area contributed by atoms with Crippen LogP contribution in [0.25, 0.3) is 0 Å². The van der Waals surface area contributed by atoms with Crippen molar-refractivity contribution in [3.63, 3.8) is 0 Å². The van der Waals surface area contributed by atoms with Gasteiger partial charge in [-0.25, -0.2) is 4.98 Å². The zero-order valence-corrected chi connectivity index (χ0v) is 12.4. The lowest BCUT2D eigenvalue weighted by Crippen LogP contribution is -2.28. The van der Waals surface area contributed by atoms with E-state index in [2.05, 4.69) is 20.5 Å². The maximum Gasteiger partial charge on any atom is 0.291 e. The Balaban J connectivity index is 2.16. The van der Waals surface area contributed by atoms with Gasteiger partial charge in [0.15, 0.2) is 0 Å². The van der Waals surface area contributed by atoms with Crippen molar-refractivity contribution in [3.8, 4) is 11.5 Å². The first-order valence-electron chi connectivity index (χ1n) is 6.47. The van der Waals surface area contributed by atoms with E-state index in [1.165, 1.54) is 0 Å². The molecular weight excluding hydrogens is 272 g/mol. The van der Waals surface area contributed by atoms with Gasteiger partial charge in [0, 0.05) is 11.6 Å². The van der Waals surface area contributed by atoms with Crippen LogP contribution < -0.4 is 14.8 Å². The van der Waals surface area contributed by atoms with E-state index in [-0.39, 0.29) is 17.8 Å². The second-order valence-electron chi connectivity index (χ2n) is 4.55. The fourth-order valence-electron chi connectivity index (χ4n) is 1.96. The Morgan fingerprint density at radius 2 is 2.10 bits per heavy atom. The van der Waals surface area contributed by atoms with E-state index in [1.54, 1.807) is 27.2 Å². The normalized spacial score (nSPS) is 11.8. The first kappa shape index (κ1) is 14.8. The van der Waals surface area contributed by atoms with Crippen molar-refractivity contribution in [3.05, 3.63) is 35.4 Å². The largest absolute Gasteiger partial charge is 0.497 e. The van der Waals surface area contributed by atoms with Crippen LogP contribution in [-0.2, 0) is 0 Å². The molecule has 0 aliphatic rings. The molecule has 1 amide bonds. The Hall–Kier alpha value is -2.57. The number of rotatable bonds is 5. The number of ether oxygens (including phenoxy) is 2. The minimum atomic E-state index is -0.343. The molecule has 0 saturated heterocycles. The highest BCUT2D eigenvalue weighted by Gasteiger charge is 2.18. The summed E-state index contributed by atoms with van der Waals surface area (Å²) in [5.41, 5.74) is 0.846. The number of benzene rings is 1. The summed E-state index contributed by atoms with van der Waals surface area (Å²) in [5, 5.41) is 9.30. The van der Waals surface area contributed by atoms with E-state index < -0.39 is 0 Å². The van der Waals surface area contributed by atoms with Gasteiger partial charge in [-0.15, -0.1) is 5.10 Å². The number of nitrogens with zero attached hydrogens (tertiary/aromatic N) is 2. The van der Waals surface area contributed by atoms with Crippen molar-refractivity contribution >= 4 is 5.91 Å². The molecule has 7 nitrogen and oxygen atoms in total. The molecule has 0 fully saturated rings. The smallest absolute Gasteiger partial charge is 0.291 e. The number of aromatic nitrogens is 3. The van der Waals surface area contributed by atoms with E-state index in [0.717, 1.165) is 5.56 Å². The van der Waals surface area contributed by atoms with Gasteiger partial charge in [-0.3, -0.25) is 9.89 Å². The summed E-state index contributed by atoms with van der Waals surface area (Å²) >= 11 is 0. The van der Waals surface area contributed by atoms with E-state index in [0.29, 0.717) is 17.3 Å². The van der Waals surface area contributed by atoms with Gasteiger partial charge in [0.05, 0.1) is 20.3 Å². The molecule has 1 aromatic carbocycles. The Bertz CT molecular complexity index is 639. The topological polar surface area (TPSA) is 89.1 Å². The molecule has 0 aliphatic carbocycles. The predicted octanol–water partition coefficient (Wildman–Crippen LogP) is 1.62. The standard InChI is InChI=1S/C14H18N4O3/c1-8(15-14(19)13-16-9(2)17-18-13)11-6-5-10(20-3)7-12(11)21-4/h5-8H,1-4H3,(H,15,19)(H,16,17,18). The second-order valence-corrected chi connectivity index (χ2v) is 4.55. The lowest BCUT2D eigenvalue weighted by atomic mass is 10.1. The molecule has 2 N–H and O–H groups in total. The third-order valence-electron chi connectivity index (χ3n) is 3.06. The highest BCUT2D eigenvalue weighted by molar-refractivity contribution is 5.90. The average molecular weight is 290 g/mol. The van der Waals surface area contributed by atoms with Crippen molar-refractivity contribution in [1.29, 1.82) is 0 Å². The Labute approximate surface area is 122 Å². The summed E-state index contributed by atoms with van der Waals surface area (Å²) in [6.45, 7) is 3.60. The maximum absolute atomic E-state index is 12.0. The van der Waals surface area contributed by atoms with Crippen LogP contribution in [0.5, 0.6) is 11.5 Å². The molecule has 0 radical (unpaired) electrons. The Kier molecular flexibility index (Phi) is 4.42. The van der Waals surface area contributed by atoms with Gasteiger partial charge in [-0.05, 0) is 26.0 Å². The number of H-pyrrole nitrogens is 1. The van der Waals surface area contributed by atoms with Crippen molar-refractivity contribution in [2.45, 2.75) is 19.9 Å². The van der Waals surface area contributed by atoms with E-state index in [9.17, 15) is 4.79 Å². The fourth-order valence-corrected chi connectivity index (χ4v) is 1.96. The third-order valence-corrected chi connectivity index (χ3v) is 3.06. The van der Waals surface area contributed by atoms with Gasteiger partial charge in [-0.1, -0.05) is 0 Å². The van der Waals surface area contributed by atoms with Gasteiger partial charge >= 0.3 is 0 Å². The molecule has 0 saturated carbocycles. The molecule has 1 aromatic heterocycles. The summed E-state index contributed by atoms with van der Waals surface area (Å²) < 4.78 is 10.5. The molecule has 0 spiro atoms. The highest BCUT2D eigenvalue weighted by Crippen LogP contribution is 2.29. The SMILES string of the molecule is COc1ccc(C(C)NC(=O)c2n[nH]c(C)n2)c(OC)c1. The number of hydrogen-bond acceptors (Lipinski definition) is 5. The first-order chi connectivity index (χ1) is 10.0. The number of carbonyl (C=O) groups is 1. The molecule has 7 heteroatoms. The Morgan fingerprint density at radius 1 is 1.33 bits per heavy atom. The predicted molar refractivity (Wildman–Crippen MR) is 76.5 cm³/mol. The lowest BCUT2D eigenvalue weighted by molar-refractivity contribution is 0.0929. The molecule has 112 valence electrons. The molecule has 1 unspecified atom stereocenters. The number of methoxy groups -OCH3 is 2. The van der Waals surface area contributed by atoms with Crippen LogP contribution in [0.1, 0.15) is 35.0 Å². The van der Waals surface area contributed by atoms with Crippen LogP contribution in [0, 0.1) is 6.92 Å². The van der Waals surface area contributed by atoms with Crippen molar-refractivity contribution < 1.29 is 14.3 Å². The molecular formula is C14H18N4O3. The monoisotopic (exact) mass is 290 g/mol. The molecule has 0 bridgehead atoms. The summed E-state index contributed by atoms with van der Waals surface area (Å²) in [6, 6.07) is 5.19. The molecule has 1 atom stereocenters. The number of amides is 1. The quantitative estimate of drug-likeness (QED) is 0.873. The fraction of sp³-hybridized carbons (Fsp3) is 0.357. The van der Waals surface area contributed by atoms with E-state index in [1.807, 2.05) is 19.1 Å². The summed E-state index contributed by atoms with van der Waals surface area (Å²) in [7, 11) is 3.16. The molecule has 2 aromatic rings. The Morgan fingerprint density at radius 3 is 2.67 bits per heavy atom. The van der Waals surface area contributed by atoms with Crippen molar-refractivity contribution in [2.24, 2.45) is 0 Å². The molecule has 1 heterocycles. The average Bonchev–Trinajstić information content (AvgIpc) is 2.93. The van der Waals surface area contributed by atoms with Gasteiger partial charge in [0.2, 0.25) is 5.82 Å². The minimum absolute atomic E-state index is 0.117. The van der Waals surface area contributed by atoms with Gasteiger partial charge in [0.1, 0.15) is 17.3 Å². The van der Waals surface area contributed by atoms with Crippen molar-refractivity contribution in [2.75, 3.05) is 14.2 Å². The van der Waals surface area contributed by atoms with E-state index in [4.69, 9.17) is 9.47 Å². The zero-order valence-electron chi connectivity index (χ0n) is 12.4. The molecule has 0 aliphatic heterocycles. The number of aryl methyl sites for hydroxylation is 1. The van der Waals surface area contributed by atoms with Crippen LogP contribution in [0.2, 0.25) is 0 Å². The van der Waals surface area contributed by atoms with Crippen LogP contribution in [-0.4, -0.2) is 35.3 Å². The maximum atomic E-state index is 12.0. The summed E-state index contributed by atoms with van der Waals surface area (Å²) in [5.74, 6) is 1.71. The second kappa shape index (κ2) is 6.25.